The Morgan fingerprint density at radius 3 is 2.11 bits per heavy atom. The van der Waals surface area contributed by atoms with Crippen LogP contribution < -0.4 is 0 Å². The molecule has 1 aromatic rings. The van der Waals surface area contributed by atoms with Gasteiger partial charge in [0.25, 0.3) is 0 Å². The van der Waals surface area contributed by atoms with Gasteiger partial charge in [-0.2, -0.15) is 4.31 Å². The number of nitrogens with zero attached hydrogens (tertiary/aromatic N) is 1. The summed E-state index contributed by atoms with van der Waals surface area (Å²) in [4.78, 5) is 0.327. The first kappa shape index (κ1) is 13.8. The standard InChI is InChI=1S/C13H18ClNO2S/c1-10-7-11(2)9-15(8-10)18(16,17)13-5-3-12(14)4-6-13/h3-6,10-11H,7-9H2,1-2H3/t10-,11+. The van der Waals surface area contributed by atoms with Gasteiger partial charge in [0.05, 0.1) is 4.90 Å². The Kier molecular flexibility index (Phi) is 3.99. The van der Waals surface area contributed by atoms with Gasteiger partial charge in [-0.15, -0.1) is 0 Å². The lowest BCUT2D eigenvalue weighted by atomic mass is 9.94. The van der Waals surface area contributed by atoms with E-state index in [1.54, 1.807) is 28.6 Å². The van der Waals surface area contributed by atoms with E-state index in [9.17, 15) is 8.42 Å². The Balaban J connectivity index is 2.28. The Labute approximate surface area is 114 Å². The smallest absolute Gasteiger partial charge is 0.207 e. The molecule has 0 unspecified atom stereocenters. The van der Waals surface area contributed by atoms with Crippen LogP contribution in [0.1, 0.15) is 20.3 Å². The van der Waals surface area contributed by atoms with Crippen molar-refractivity contribution in [3.8, 4) is 0 Å². The lowest BCUT2D eigenvalue weighted by Gasteiger charge is -2.34. The number of hydrogen-bond donors (Lipinski definition) is 0. The zero-order valence-electron chi connectivity index (χ0n) is 10.6. The van der Waals surface area contributed by atoms with Crippen LogP contribution in [0.2, 0.25) is 5.02 Å². The van der Waals surface area contributed by atoms with E-state index in [-0.39, 0.29) is 0 Å². The molecule has 0 saturated carbocycles. The fraction of sp³-hybridized carbons (Fsp3) is 0.538. The summed E-state index contributed by atoms with van der Waals surface area (Å²) in [6, 6.07) is 6.37. The van der Waals surface area contributed by atoms with Gasteiger partial charge >= 0.3 is 0 Å². The molecule has 0 amide bonds. The Hall–Kier alpha value is -0.580. The van der Waals surface area contributed by atoms with Crippen molar-refractivity contribution in [3.63, 3.8) is 0 Å². The van der Waals surface area contributed by atoms with E-state index < -0.39 is 10.0 Å². The second kappa shape index (κ2) is 5.19. The number of rotatable bonds is 2. The van der Waals surface area contributed by atoms with Gasteiger partial charge in [-0.25, -0.2) is 8.42 Å². The van der Waals surface area contributed by atoms with Gasteiger partial charge < -0.3 is 0 Å². The summed E-state index contributed by atoms with van der Waals surface area (Å²) in [7, 11) is -3.37. The van der Waals surface area contributed by atoms with Crippen LogP contribution >= 0.6 is 11.6 Å². The van der Waals surface area contributed by atoms with E-state index in [1.165, 1.54) is 0 Å². The van der Waals surface area contributed by atoms with Crippen molar-refractivity contribution in [1.29, 1.82) is 0 Å². The van der Waals surface area contributed by atoms with Crippen LogP contribution in [0.15, 0.2) is 29.2 Å². The molecule has 3 nitrogen and oxygen atoms in total. The normalized spacial score (nSPS) is 26.2. The SMILES string of the molecule is C[C@@H]1C[C@H](C)CN(S(=O)(=O)c2ccc(Cl)cc2)C1. The topological polar surface area (TPSA) is 37.4 Å². The van der Waals surface area contributed by atoms with Crippen LogP contribution in [-0.2, 0) is 10.0 Å². The van der Waals surface area contributed by atoms with Crippen LogP contribution in [0.3, 0.4) is 0 Å². The molecule has 1 heterocycles. The van der Waals surface area contributed by atoms with Crippen LogP contribution in [-0.4, -0.2) is 25.8 Å². The molecule has 5 heteroatoms. The highest BCUT2D eigenvalue weighted by Gasteiger charge is 2.31. The predicted molar refractivity (Wildman–Crippen MR) is 73.2 cm³/mol. The van der Waals surface area contributed by atoms with E-state index in [0.29, 0.717) is 34.8 Å². The number of benzene rings is 1. The minimum atomic E-state index is -3.37. The number of halogens is 1. The molecule has 1 aliphatic heterocycles. The molecule has 100 valence electrons. The van der Waals surface area contributed by atoms with E-state index in [4.69, 9.17) is 11.6 Å². The second-order valence-electron chi connectivity index (χ2n) is 5.22. The average molecular weight is 288 g/mol. The molecule has 0 radical (unpaired) electrons. The van der Waals surface area contributed by atoms with Crippen LogP contribution in [0.25, 0.3) is 0 Å². The third-order valence-corrected chi connectivity index (χ3v) is 5.38. The molecule has 1 aliphatic rings. The molecule has 1 fully saturated rings. The molecule has 0 N–H and O–H groups in total. The van der Waals surface area contributed by atoms with Crippen molar-refractivity contribution >= 4 is 21.6 Å². The second-order valence-corrected chi connectivity index (χ2v) is 7.60. The zero-order chi connectivity index (χ0) is 13.3. The number of hydrogen-bond acceptors (Lipinski definition) is 2. The molecule has 18 heavy (non-hydrogen) atoms. The first-order valence-corrected chi connectivity index (χ1v) is 7.97. The summed E-state index contributed by atoms with van der Waals surface area (Å²) >= 11 is 5.79. The lowest BCUT2D eigenvalue weighted by Crippen LogP contribution is -2.42. The molecular weight excluding hydrogens is 270 g/mol. The Morgan fingerprint density at radius 2 is 1.61 bits per heavy atom. The van der Waals surface area contributed by atoms with Crippen molar-refractivity contribution in [3.05, 3.63) is 29.3 Å². The molecule has 0 spiro atoms. The third kappa shape index (κ3) is 2.87. The zero-order valence-corrected chi connectivity index (χ0v) is 12.2. The molecule has 1 aromatic carbocycles. The Bertz CT molecular complexity index is 502. The number of piperidine rings is 1. The van der Waals surface area contributed by atoms with Gasteiger partial charge in [-0.3, -0.25) is 0 Å². The Morgan fingerprint density at radius 1 is 1.11 bits per heavy atom. The highest BCUT2D eigenvalue weighted by molar-refractivity contribution is 7.89. The molecule has 2 atom stereocenters. The van der Waals surface area contributed by atoms with Crippen molar-refractivity contribution in [1.82, 2.24) is 4.31 Å². The van der Waals surface area contributed by atoms with Crippen molar-refractivity contribution < 1.29 is 8.42 Å². The molecule has 2 rings (SSSR count). The summed E-state index contributed by atoms with van der Waals surface area (Å²) in [5.41, 5.74) is 0. The quantitative estimate of drug-likeness (QED) is 0.838. The van der Waals surface area contributed by atoms with E-state index in [2.05, 4.69) is 13.8 Å². The molecular formula is C13H18ClNO2S. The fourth-order valence-corrected chi connectivity index (χ4v) is 4.36. The fourth-order valence-electron chi connectivity index (χ4n) is 2.56. The predicted octanol–water partition coefficient (Wildman–Crippen LogP) is 3.01. The number of sulfonamides is 1. The summed E-state index contributed by atoms with van der Waals surface area (Å²) < 4.78 is 26.5. The van der Waals surface area contributed by atoms with Gasteiger partial charge in [0, 0.05) is 18.1 Å². The van der Waals surface area contributed by atoms with Crippen LogP contribution in [0, 0.1) is 11.8 Å². The minimum absolute atomic E-state index is 0.327. The molecule has 0 aromatic heterocycles. The first-order valence-electron chi connectivity index (χ1n) is 6.15. The van der Waals surface area contributed by atoms with Gasteiger partial charge in [-0.1, -0.05) is 25.4 Å². The highest BCUT2D eigenvalue weighted by Crippen LogP contribution is 2.27. The maximum Gasteiger partial charge on any atom is 0.243 e. The van der Waals surface area contributed by atoms with Crippen molar-refractivity contribution in [2.75, 3.05) is 13.1 Å². The highest BCUT2D eigenvalue weighted by atomic mass is 35.5. The monoisotopic (exact) mass is 287 g/mol. The van der Waals surface area contributed by atoms with Crippen LogP contribution in [0.5, 0.6) is 0 Å². The average Bonchev–Trinajstić information content (AvgIpc) is 2.28. The van der Waals surface area contributed by atoms with E-state index >= 15 is 0 Å². The molecule has 1 saturated heterocycles. The van der Waals surface area contributed by atoms with E-state index in [0.717, 1.165) is 6.42 Å². The van der Waals surface area contributed by atoms with Crippen molar-refractivity contribution in [2.24, 2.45) is 11.8 Å². The minimum Gasteiger partial charge on any atom is -0.207 e. The van der Waals surface area contributed by atoms with E-state index in [1.807, 2.05) is 0 Å². The lowest BCUT2D eigenvalue weighted by molar-refractivity contribution is 0.222. The largest absolute Gasteiger partial charge is 0.243 e. The summed E-state index contributed by atoms with van der Waals surface area (Å²) in [5.74, 6) is 0.826. The van der Waals surface area contributed by atoms with Crippen LogP contribution in [0.4, 0.5) is 0 Å². The molecule has 0 aliphatic carbocycles. The maximum absolute atomic E-state index is 12.5. The van der Waals surface area contributed by atoms with Gasteiger partial charge in [0.2, 0.25) is 10.0 Å². The summed E-state index contributed by atoms with van der Waals surface area (Å²) in [5, 5.41) is 0.550. The first-order chi connectivity index (χ1) is 8.39. The summed E-state index contributed by atoms with van der Waals surface area (Å²) in [6.07, 6.45) is 1.09. The van der Waals surface area contributed by atoms with Gasteiger partial charge in [0.15, 0.2) is 0 Å². The van der Waals surface area contributed by atoms with Gasteiger partial charge in [-0.05, 0) is 42.5 Å². The third-order valence-electron chi connectivity index (χ3n) is 3.29. The molecule has 0 bridgehead atoms. The summed E-state index contributed by atoms with van der Waals surface area (Å²) in [6.45, 7) is 5.41. The maximum atomic E-state index is 12.5. The van der Waals surface area contributed by atoms with Crippen molar-refractivity contribution in [2.45, 2.75) is 25.2 Å². The van der Waals surface area contributed by atoms with Gasteiger partial charge in [0.1, 0.15) is 0 Å².